The first-order valence-electron chi connectivity index (χ1n) is 8.69. The zero-order valence-corrected chi connectivity index (χ0v) is 15.8. The minimum absolute atomic E-state index is 0. The number of halogens is 2. The van der Waals surface area contributed by atoms with Crippen molar-refractivity contribution in [3.63, 3.8) is 0 Å². The fourth-order valence-corrected chi connectivity index (χ4v) is 3.43. The van der Waals surface area contributed by atoms with Crippen LogP contribution in [0.3, 0.4) is 0 Å². The van der Waals surface area contributed by atoms with Gasteiger partial charge in [0.1, 0.15) is 0 Å². The molecular formula is C18H29Cl2N3O. The zero-order chi connectivity index (χ0) is 15.2. The normalized spacial score (nSPS) is 21.0. The minimum Gasteiger partial charge on any atom is -0.371 e. The average molecular weight is 374 g/mol. The van der Waals surface area contributed by atoms with Gasteiger partial charge in [0.15, 0.2) is 0 Å². The number of benzene rings is 1. The molecule has 0 aromatic heterocycles. The van der Waals surface area contributed by atoms with E-state index in [4.69, 9.17) is 0 Å². The Bertz CT molecular complexity index is 499. The highest BCUT2D eigenvalue weighted by Gasteiger charge is 2.21. The number of hydrogen-bond acceptors (Lipinski definition) is 3. The summed E-state index contributed by atoms with van der Waals surface area (Å²) in [5.41, 5.74) is 2.17. The molecule has 2 aliphatic heterocycles. The summed E-state index contributed by atoms with van der Waals surface area (Å²) in [6.45, 7) is 4.10. The van der Waals surface area contributed by atoms with E-state index in [0.29, 0.717) is 0 Å². The molecule has 1 aromatic rings. The molecule has 0 radical (unpaired) electrons. The maximum atomic E-state index is 12.3. The van der Waals surface area contributed by atoms with Crippen molar-refractivity contribution in [1.29, 1.82) is 0 Å². The van der Waals surface area contributed by atoms with Crippen LogP contribution in [0.5, 0.6) is 0 Å². The highest BCUT2D eigenvalue weighted by molar-refractivity contribution is 5.93. The largest absolute Gasteiger partial charge is 0.371 e. The molecule has 1 amide bonds. The van der Waals surface area contributed by atoms with E-state index in [1.165, 1.54) is 31.4 Å². The van der Waals surface area contributed by atoms with E-state index in [0.717, 1.165) is 44.7 Å². The molecule has 2 fully saturated rings. The first-order chi connectivity index (χ1) is 10.8. The van der Waals surface area contributed by atoms with Crippen molar-refractivity contribution >= 4 is 42.1 Å². The second-order valence-corrected chi connectivity index (χ2v) is 6.48. The van der Waals surface area contributed by atoms with Crippen molar-refractivity contribution < 1.29 is 4.79 Å². The number of rotatable bonds is 3. The van der Waals surface area contributed by atoms with Gasteiger partial charge in [0.25, 0.3) is 0 Å². The SMILES string of the molecule is Cl.Cl.O=C(Nc1cccc(N2CCCCCC2)c1)C1CCCNC1. The number of amides is 1. The van der Waals surface area contributed by atoms with Crippen molar-refractivity contribution in [3.8, 4) is 0 Å². The molecular weight excluding hydrogens is 345 g/mol. The molecule has 0 spiro atoms. The number of anilines is 2. The summed E-state index contributed by atoms with van der Waals surface area (Å²) >= 11 is 0. The number of piperidine rings is 1. The van der Waals surface area contributed by atoms with E-state index in [-0.39, 0.29) is 36.6 Å². The summed E-state index contributed by atoms with van der Waals surface area (Å²) < 4.78 is 0. The molecule has 1 aromatic carbocycles. The molecule has 6 heteroatoms. The van der Waals surface area contributed by atoms with E-state index >= 15 is 0 Å². The Labute approximate surface area is 157 Å². The molecule has 0 bridgehead atoms. The van der Waals surface area contributed by atoms with Crippen molar-refractivity contribution in [3.05, 3.63) is 24.3 Å². The third kappa shape index (κ3) is 5.83. The third-order valence-electron chi connectivity index (χ3n) is 4.75. The lowest BCUT2D eigenvalue weighted by Crippen LogP contribution is -2.37. The Balaban J connectivity index is 0.00000144. The predicted molar refractivity (Wildman–Crippen MR) is 106 cm³/mol. The van der Waals surface area contributed by atoms with Crippen molar-refractivity contribution in [2.75, 3.05) is 36.4 Å². The van der Waals surface area contributed by atoms with Gasteiger partial charge in [0, 0.05) is 31.0 Å². The molecule has 3 rings (SSSR count). The highest BCUT2D eigenvalue weighted by atomic mass is 35.5. The second kappa shape index (κ2) is 10.8. The van der Waals surface area contributed by atoms with Crippen LogP contribution in [0.25, 0.3) is 0 Å². The average Bonchev–Trinajstić information content (AvgIpc) is 2.85. The summed E-state index contributed by atoms with van der Waals surface area (Å²) in [6, 6.07) is 8.33. The zero-order valence-electron chi connectivity index (χ0n) is 14.1. The number of hydrogen-bond donors (Lipinski definition) is 2. The lowest BCUT2D eigenvalue weighted by molar-refractivity contribution is -0.120. The predicted octanol–water partition coefficient (Wildman–Crippen LogP) is 3.85. The maximum absolute atomic E-state index is 12.3. The molecule has 1 unspecified atom stereocenters. The quantitative estimate of drug-likeness (QED) is 0.845. The summed E-state index contributed by atoms with van der Waals surface area (Å²) in [6.07, 6.45) is 7.29. The van der Waals surface area contributed by atoms with Crippen LogP contribution in [-0.4, -0.2) is 32.1 Å². The smallest absolute Gasteiger partial charge is 0.228 e. The summed E-state index contributed by atoms with van der Waals surface area (Å²) in [5, 5.41) is 6.40. The summed E-state index contributed by atoms with van der Waals surface area (Å²) in [4.78, 5) is 14.8. The van der Waals surface area contributed by atoms with Gasteiger partial charge in [-0.2, -0.15) is 0 Å². The topological polar surface area (TPSA) is 44.4 Å². The molecule has 2 aliphatic rings. The van der Waals surface area contributed by atoms with Gasteiger partial charge in [-0.3, -0.25) is 4.79 Å². The lowest BCUT2D eigenvalue weighted by Gasteiger charge is -2.24. The van der Waals surface area contributed by atoms with E-state index in [1.54, 1.807) is 0 Å². The molecule has 136 valence electrons. The first kappa shape index (κ1) is 21.1. The first-order valence-corrected chi connectivity index (χ1v) is 8.69. The van der Waals surface area contributed by atoms with Gasteiger partial charge in [-0.25, -0.2) is 0 Å². The van der Waals surface area contributed by atoms with Crippen LogP contribution in [0.4, 0.5) is 11.4 Å². The highest BCUT2D eigenvalue weighted by Crippen LogP contribution is 2.23. The standard InChI is InChI=1S/C18H27N3O.2ClH/c22-18(15-7-6-10-19-14-15)20-16-8-5-9-17(13-16)21-11-3-1-2-4-12-21;;/h5,8-9,13,15,19H,1-4,6-7,10-12,14H2,(H,20,22);2*1H. The maximum Gasteiger partial charge on any atom is 0.228 e. The molecule has 4 nitrogen and oxygen atoms in total. The van der Waals surface area contributed by atoms with Crippen LogP contribution in [0.2, 0.25) is 0 Å². The number of nitrogens with one attached hydrogen (secondary N) is 2. The van der Waals surface area contributed by atoms with Gasteiger partial charge >= 0.3 is 0 Å². The number of carbonyl (C=O) groups is 1. The molecule has 0 saturated carbocycles. The summed E-state index contributed by atoms with van der Waals surface area (Å²) in [7, 11) is 0. The molecule has 2 heterocycles. The lowest BCUT2D eigenvalue weighted by atomic mass is 9.99. The molecule has 1 atom stereocenters. The number of carbonyl (C=O) groups excluding carboxylic acids is 1. The summed E-state index contributed by atoms with van der Waals surface area (Å²) in [5.74, 6) is 0.260. The van der Waals surface area contributed by atoms with Gasteiger partial charge in [-0.05, 0) is 50.4 Å². The van der Waals surface area contributed by atoms with Gasteiger partial charge in [-0.1, -0.05) is 18.9 Å². The van der Waals surface area contributed by atoms with Gasteiger partial charge in [0.2, 0.25) is 5.91 Å². The van der Waals surface area contributed by atoms with Crippen LogP contribution in [0, 0.1) is 5.92 Å². The van der Waals surface area contributed by atoms with Gasteiger partial charge < -0.3 is 15.5 Å². The molecule has 2 N–H and O–H groups in total. The van der Waals surface area contributed by atoms with Gasteiger partial charge in [0.05, 0.1) is 5.92 Å². The molecule has 0 aliphatic carbocycles. The van der Waals surface area contributed by atoms with E-state index in [9.17, 15) is 4.79 Å². The van der Waals surface area contributed by atoms with Crippen molar-refractivity contribution in [2.45, 2.75) is 38.5 Å². The Morgan fingerprint density at radius 1 is 1.08 bits per heavy atom. The fraction of sp³-hybridized carbons (Fsp3) is 0.611. The Hall–Kier alpha value is -0.970. The van der Waals surface area contributed by atoms with Crippen molar-refractivity contribution in [1.82, 2.24) is 5.32 Å². The third-order valence-corrected chi connectivity index (χ3v) is 4.75. The monoisotopic (exact) mass is 373 g/mol. The Kier molecular flexibility index (Phi) is 9.49. The van der Waals surface area contributed by atoms with Crippen LogP contribution < -0.4 is 15.5 Å². The van der Waals surface area contributed by atoms with E-state index in [2.05, 4.69) is 33.7 Å². The number of nitrogens with zero attached hydrogens (tertiary/aromatic N) is 1. The van der Waals surface area contributed by atoms with E-state index in [1.807, 2.05) is 6.07 Å². The minimum atomic E-state index is 0. The van der Waals surface area contributed by atoms with Crippen molar-refractivity contribution in [2.24, 2.45) is 5.92 Å². The Morgan fingerprint density at radius 2 is 1.83 bits per heavy atom. The van der Waals surface area contributed by atoms with Crippen LogP contribution in [0.15, 0.2) is 24.3 Å². The molecule has 2 saturated heterocycles. The van der Waals surface area contributed by atoms with Gasteiger partial charge in [-0.15, -0.1) is 24.8 Å². The molecule has 24 heavy (non-hydrogen) atoms. The van der Waals surface area contributed by atoms with Crippen LogP contribution in [0.1, 0.15) is 38.5 Å². The second-order valence-electron chi connectivity index (χ2n) is 6.48. The van der Waals surface area contributed by atoms with Crippen LogP contribution in [-0.2, 0) is 4.79 Å². The van der Waals surface area contributed by atoms with Crippen LogP contribution >= 0.6 is 24.8 Å². The Morgan fingerprint density at radius 3 is 2.50 bits per heavy atom. The fourth-order valence-electron chi connectivity index (χ4n) is 3.43. The van der Waals surface area contributed by atoms with E-state index < -0.39 is 0 Å².